The van der Waals surface area contributed by atoms with E-state index in [9.17, 15) is 4.79 Å². The van der Waals surface area contributed by atoms with Crippen LogP contribution >= 0.6 is 11.6 Å². The van der Waals surface area contributed by atoms with Crippen LogP contribution in [0.25, 0.3) is 0 Å². The van der Waals surface area contributed by atoms with Crippen molar-refractivity contribution in [2.45, 2.75) is 13.5 Å². The Bertz CT molecular complexity index is 628. The molecular formula is C15H16ClN3O. The Morgan fingerprint density at radius 1 is 1.25 bits per heavy atom. The molecule has 2 rings (SSSR count). The second-order valence-corrected chi connectivity index (χ2v) is 4.92. The van der Waals surface area contributed by atoms with Crippen molar-refractivity contribution >= 4 is 29.0 Å². The summed E-state index contributed by atoms with van der Waals surface area (Å²) in [7, 11) is 0. The number of nitrogen functional groups attached to an aromatic ring is 1. The first-order chi connectivity index (χ1) is 9.54. The van der Waals surface area contributed by atoms with Gasteiger partial charge in [-0.05, 0) is 42.3 Å². The molecule has 0 bridgehead atoms. The lowest BCUT2D eigenvalue weighted by Gasteiger charge is -2.09. The molecule has 0 spiro atoms. The molecule has 0 saturated carbocycles. The van der Waals surface area contributed by atoms with Gasteiger partial charge in [-0.2, -0.15) is 0 Å². The number of urea groups is 1. The van der Waals surface area contributed by atoms with Crippen molar-refractivity contribution < 1.29 is 4.79 Å². The van der Waals surface area contributed by atoms with Gasteiger partial charge in [-0.25, -0.2) is 4.79 Å². The summed E-state index contributed by atoms with van der Waals surface area (Å²) in [6.45, 7) is 2.32. The highest BCUT2D eigenvalue weighted by atomic mass is 35.5. The highest BCUT2D eigenvalue weighted by molar-refractivity contribution is 6.31. The summed E-state index contributed by atoms with van der Waals surface area (Å²) < 4.78 is 0. The first-order valence-electron chi connectivity index (χ1n) is 6.20. The fourth-order valence-electron chi connectivity index (χ4n) is 1.73. The van der Waals surface area contributed by atoms with Crippen molar-refractivity contribution in [3.8, 4) is 0 Å². The Morgan fingerprint density at radius 3 is 2.75 bits per heavy atom. The molecule has 0 saturated heterocycles. The van der Waals surface area contributed by atoms with Crippen LogP contribution in [0.4, 0.5) is 16.2 Å². The van der Waals surface area contributed by atoms with Crippen molar-refractivity contribution in [3.05, 3.63) is 58.6 Å². The predicted octanol–water partition coefficient (Wildman–Crippen LogP) is 3.55. The van der Waals surface area contributed by atoms with Crippen molar-refractivity contribution in [2.75, 3.05) is 11.1 Å². The van der Waals surface area contributed by atoms with E-state index in [1.54, 1.807) is 18.2 Å². The number of hydrogen-bond donors (Lipinski definition) is 3. The highest BCUT2D eigenvalue weighted by Gasteiger charge is 2.03. The fourth-order valence-corrected chi connectivity index (χ4v) is 1.91. The lowest BCUT2D eigenvalue weighted by Crippen LogP contribution is -2.28. The quantitative estimate of drug-likeness (QED) is 0.756. The van der Waals surface area contributed by atoms with E-state index < -0.39 is 0 Å². The van der Waals surface area contributed by atoms with Gasteiger partial charge in [-0.3, -0.25) is 0 Å². The van der Waals surface area contributed by atoms with Crippen LogP contribution in [-0.4, -0.2) is 6.03 Å². The van der Waals surface area contributed by atoms with Gasteiger partial charge in [0.25, 0.3) is 0 Å². The Balaban J connectivity index is 1.91. The molecule has 4 N–H and O–H groups in total. The van der Waals surface area contributed by atoms with Crippen molar-refractivity contribution in [1.29, 1.82) is 0 Å². The van der Waals surface area contributed by atoms with Gasteiger partial charge < -0.3 is 16.4 Å². The van der Waals surface area contributed by atoms with Crippen molar-refractivity contribution in [2.24, 2.45) is 0 Å². The molecule has 4 nitrogen and oxygen atoms in total. The molecule has 0 aliphatic carbocycles. The maximum atomic E-state index is 11.8. The highest BCUT2D eigenvalue weighted by Crippen LogP contribution is 2.19. The topological polar surface area (TPSA) is 67.2 Å². The van der Waals surface area contributed by atoms with Crippen LogP contribution in [-0.2, 0) is 6.54 Å². The predicted molar refractivity (Wildman–Crippen MR) is 82.9 cm³/mol. The number of nitrogens with one attached hydrogen (secondary N) is 2. The molecular weight excluding hydrogens is 274 g/mol. The van der Waals surface area contributed by atoms with Gasteiger partial charge >= 0.3 is 6.03 Å². The molecule has 20 heavy (non-hydrogen) atoms. The molecule has 2 amide bonds. The minimum atomic E-state index is -0.285. The van der Waals surface area contributed by atoms with Crippen molar-refractivity contribution in [3.63, 3.8) is 0 Å². The summed E-state index contributed by atoms with van der Waals surface area (Å²) in [5, 5.41) is 6.11. The summed E-state index contributed by atoms with van der Waals surface area (Å²) in [4.78, 5) is 11.8. The van der Waals surface area contributed by atoms with Gasteiger partial charge in [0.1, 0.15) is 0 Å². The van der Waals surface area contributed by atoms with E-state index in [0.717, 1.165) is 11.1 Å². The number of halogens is 1. The van der Waals surface area contributed by atoms with Crippen LogP contribution < -0.4 is 16.4 Å². The zero-order valence-corrected chi connectivity index (χ0v) is 11.9. The molecule has 0 aliphatic heterocycles. The smallest absolute Gasteiger partial charge is 0.319 e. The van der Waals surface area contributed by atoms with E-state index in [0.29, 0.717) is 22.9 Å². The number of carbonyl (C=O) groups excluding carboxylic acids is 1. The third-order valence-electron chi connectivity index (χ3n) is 2.83. The average molecular weight is 290 g/mol. The maximum absolute atomic E-state index is 11.8. The minimum Gasteiger partial charge on any atom is -0.399 e. The van der Waals surface area contributed by atoms with Crippen molar-refractivity contribution in [1.82, 2.24) is 5.32 Å². The second kappa shape index (κ2) is 6.30. The molecule has 2 aromatic carbocycles. The first kappa shape index (κ1) is 14.2. The Kier molecular flexibility index (Phi) is 4.48. The van der Waals surface area contributed by atoms with E-state index in [-0.39, 0.29) is 6.03 Å². The number of aryl methyl sites for hydroxylation is 1. The maximum Gasteiger partial charge on any atom is 0.319 e. The monoisotopic (exact) mass is 289 g/mol. The fraction of sp³-hybridized carbons (Fsp3) is 0.133. The zero-order chi connectivity index (χ0) is 14.5. The Hall–Kier alpha value is -2.20. The standard InChI is InChI=1S/C15H16ClN3O/c1-10-5-6-13(8-14(10)16)19-15(20)18-9-11-3-2-4-12(17)7-11/h2-8H,9,17H2,1H3,(H2,18,19,20). The van der Waals surface area contributed by atoms with Gasteiger partial charge in [0.15, 0.2) is 0 Å². The average Bonchev–Trinajstić information content (AvgIpc) is 2.41. The molecule has 0 radical (unpaired) electrons. The first-order valence-corrected chi connectivity index (χ1v) is 6.58. The molecule has 0 fully saturated rings. The summed E-state index contributed by atoms with van der Waals surface area (Å²) >= 11 is 6.00. The normalized spacial score (nSPS) is 10.1. The SMILES string of the molecule is Cc1ccc(NC(=O)NCc2cccc(N)c2)cc1Cl. The van der Waals surface area contributed by atoms with E-state index in [2.05, 4.69) is 10.6 Å². The number of carbonyl (C=O) groups is 1. The van der Waals surface area contributed by atoms with Crippen LogP contribution in [0.5, 0.6) is 0 Å². The van der Waals surface area contributed by atoms with Gasteiger partial charge in [-0.15, -0.1) is 0 Å². The van der Waals surface area contributed by atoms with Crippen LogP contribution in [0.3, 0.4) is 0 Å². The number of anilines is 2. The van der Waals surface area contributed by atoms with Gasteiger partial charge in [0.05, 0.1) is 0 Å². The van der Waals surface area contributed by atoms with Crippen LogP contribution in [0, 0.1) is 6.92 Å². The van der Waals surface area contributed by atoms with Gasteiger partial charge in [0, 0.05) is 22.9 Å². The Morgan fingerprint density at radius 2 is 2.05 bits per heavy atom. The minimum absolute atomic E-state index is 0.285. The van der Waals surface area contributed by atoms with E-state index in [1.165, 1.54) is 0 Å². The summed E-state index contributed by atoms with van der Waals surface area (Å²) in [6, 6.07) is 12.5. The van der Waals surface area contributed by atoms with Gasteiger partial charge in [-0.1, -0.05) is 29.8 Å². The second-order valence-electron chi connectivity index (χ2n) is 4.52. The number of hydrogen-bond acceptors (Lipinski definition) is 2. The summed E-state index contributed by atoms with van der Waals surface area (Å²) in [6.07, 6.45) is 0. The molecule has 0 aromatic heterocycles. The van der Waals surface area contributed by atoms with E-state index in [1.807, 2.05) is 31.2 Å². The van der Waals surface area contributed by atoms with Gasteiger partial charge in [0.2, 0.25) is 0 Å². The lowest BCUT2D eigenvalue weighted by atomic mass is 10.2. The lowest BCUT2D eigenvalue weighted by molar-refractivity contribution is 0.251. The molecule has 0 heterocycles. The molecule has 0 unspecified atom stereocenters. The number of rotatable bonds is 3. The Labute approximate surface area is 122 Å². The summed E-state index contributed by atoms with van der Waals surface area (Å²) in [5.41, 5.74) is 8.93. The molecule has 0 aliphatic rings. The summed E-state index contributed by atoms with van der Waals surface area (Å²) in [5.74, 6) is 0. The molecule has 5 heteroatoms. The molecule has 104 valence electrons. The van der Waals surface area contributed by atoms with Crippen LogP contribution in [0.2, 0.25) is 5.02 Å². The number of amides is 2. The third kappa shape index (κ3) is 3.90. The van der Waals surface area contributed by atoms with Crippen LogP contribution in [0.15, 0.2) is 42.5 Å². The molecule has 0 atom stereocenters. The van der Waals surface area contributed by atoms with Crippen LogP contribution in [0.1, 0.15) is 11.1 Å². The number of benzene rings is 2. The third-order valence-corrected chi connectivity index (χ3v) is 3.24. The number of nitrogens with two attached hydrogens (primary N) is 1. The van der Waals surface area contributed by atoms with E-state index >= 15 is 0 Å². The largest absolute Gasteiger partial charge is 0.399 e. The zero-order valence-electron chi connectivity index (χ0n) is 11.1. The molecule has 2 aromatic rings. The van der Waals surface area contributed by atoms with E-state index in [4.69, 9.17) is 17.3 Å².